The molecule has 42 heavy (non-hydrogen) atoms. The van der Waals surface area contributed by atoms with Gasteiger partial charge in [-0.15, -0.1) is 11.3 Å². The number of rotatable bonds is 9. The van der Waals surface area contributed by atoms with E-state index < -0.39 is 35.7 Å². The number of nitrogens with one attached hydrogen (secondary N) is 2. The molecule has 4 N–H and O–H groups in total. The Morgan fingerprint density at radius 2 is 1.62 bits per heavy atom. The molecule has 9 nitrogen and oxygen atoms in total. The summed E-state index contributed by atoms with van der Waals surface area (Å²) in [5.41, 5.74) is 1.97. The molecule has 4 rings (SSSR count). The lowest BCUT2D eigenvalue weighted by Crippen LogP contribution is -2.51. The van der Waals surface area contributed by atoms with Gasteiger partial charge in [0.25, 0.3) is 5.91 Å². The average molecular weight is 591 g/mol. The van der Waals surface area contributed by atoms with Gasteiger partial charge in [0.05, 0.1) is 4.88 Å². The number of halogens is 1. The van der Waals surface area contributed by atoms with Crippen molar-refractivity contribution in [3.05, 3.63) is 88.1 Å². The predicted molar refractivity (Wildman–Crippen MR) is 158 cm³/mol. The third kappa shape index (κ3) is 7.35. The third-order valence-corrected chi connectivity index (χ3v) is 8.00. The largest absolute Gasteiger partial charge is 0.508 e. The van der Waals surface area contributed by atoms with Crippen LogP contribution in [0, 0.1) is 5.82 Å². The van der Waals surface area contributed by atoms with E-state index in [0.717, 1.165) is 10.9 Å². The van der Waals surface area contributed by atoms with E-state index >= 15 is 0 Å². The standard InChI is InChI=1S/C31H31FN4O5S/c1-17(30(40)41)35-28(38)24(36-29(39)25-11-12-26(42-25)31(2,3)4)13-18-5-7-19(8-6-18)27-33-15-20(16-34-27)22-10-9-21(37)14-23(22)32/h5-12,14-17,24,37H,13H2,1-4H3,(H,35,38)(H,36,39)(H,40,41)/t17-,24+/m1/s1. The SMILES string of the molecule is C[C@@H](NC(=O)[C@H](Cc1ccc(-c2ncc(-c3ccc(O)cc3F)cn2)cc1)NC(=O)c1ccc(C(C)(C)C)s1)C(=O)O. The van der Waals surface area contributed by atoms with Crippen LogP contribution in [0.1, 0.15) is 47.8 Å². The number of amides is 2. The summed E-state index contributed by atoms with van der Waals surface area (Å²) >= 11 is 1.34. The Kier molecular flexibility index (Phi) is 9.01. The Morgan fingerprint density at radius 1 is 0.952 bits per heavy atom. The fraction of sp³-hybridized carbons (Fsp3) is 0.258. The number of aromatic nitrogens is 2. The number of nitrogens with zero attached hydrogens (tertiary/aromatic N) is 2. The number of carboxylic acids is 1. The zero-order valence-electron chi connectivity index (χ0n) is 23.5. The lowest BCUT2D eigenvalue weighted by molar-refractivity contribution is -0.141. The lowest BCUT2D eigenvalue weighted by atomic mass is 9.95. The summed E-state index contributed by atoms with van der Waals surface area (Å²) in [5, 5.41) is 23.9. The van der Waals surface area contributed by atoms with Crippen LogP contribution in [0.4, 0.5) is 4.39 Å². The van der Waals surface area contributed by atoms with E-state index in [0.29, 0.717) is 27.4 Å². The van der Waals surface area contributed by atoms with Crippen molar-refractivity contribution in [1.82, 2.24) is 20.6 Å². The predicted octanol–water partition coefficient (Wildman–Crippen LogP) is 4.94. The zero-order valence-corrected chi connectivity index (χ0v) is 24.3. The number of phenolic OH excluding ortho intramolecular Hbond substituents is 1. The van der Waals surface area contributed by atoms with Gasteiger partial charge in [0.2, 0.25) is 5.91 Å². The molecule has 0 spiro atoms. The summed E-state index contributed by atoms with van der Waals surface area (Å²) in [6.07, 6.45) is 3.09. The van der Waals surface area contributed by atoms with Gasteiger partial charge >= 0.3 is 5.97 Å². The molecule has 11 heteroatoms. The molecule has 2 heterocycles. The monoisotopic (exact) mass is 590 g/mol. The second-order valence-electron chi connectivity index (χ2n) is 10.9. The van der Waals surface area contributed by atoms with Crippen LogP contribution < -0.4 is 10.6 Å². The van der Waals surface area contributed by atoms with Crippen molar-refractivity contribution in [2.24, 2.45) is 0 Å². The van der Waals surface area contributed by atoms with E-state index in [1.54, 1.807) is 30.3 Å². The quantitative estimate of drug-likeness (QED) is 0.216. The number of phenols is 1. The van der Waals surface area contributed by atoms with Gasteiger partial charge < -0.3 is 20.8 Å². The first-order valence-corrected chi connectivity index (χ1v) is 14.0. The van der Waals surface area contributed by atoms with Crippen LogP contribution in [0.5, 0.6) is 5.75 Å². The molecular weight excluding hydrogens is 559 g/mol. The molecule has 2 atom stereocenters. The highest BCUT2D eigenvalue weighted by molar-refractivity contribution is 7.14. The molecular formula is C31H31FN4O5S. The van der Waals surface area contributed by atoms with Gasteiger partial charge in [-0.2, -0.15) is 0 Å². The molecule has 0 saturated heterocycles. The number of aromatic hydroxyl groups is 1. The molecule has 0 aliphatic carbocycles. The minimum Gasteiger partial charge on any atom is -0.508 e. The Morgan fingerprint density at radius 3 is 2.19 bits per heavy atom. The van der Waals surface area contributed by atoms with Gasteiger partial charge in [0.15, 0.2) is 5.82 Å². The number of thiophene rings is 1. The molecule has 4 aromatic rings. The smallest absolute Gasteiger partial charge is 0.325 e. The summed E-state index contributed by atoms with van der Waals surface area (Å²) in [6, 6.07) is 12.3. The van der Waals surface area contributed by atoms with Crippen molar-refractivity contribution < 1.29 is 29.0 Å². The number of hydrogen-bond acceptors (Lipinski definition) is 7. The average Bonchev–Trinajstić information content (AvgIpc) is 3.45. The molecule has 2 aromatic heterocycles. The first-order valence-electron chi connectivity index (χ1n) is 13.2. The van der Waals surface area contributed by atoms with Crippen molar-refractivity contribution in [2.45, 2.75) is 51.6 Å². The first kappa shape index (κ1) is 30.3. The molecule has 0 unspecified atom stereocenters. The summed E-state index contributed by atoms with van der Waals surface area (Å²) in [5.74, 6) is -2.59. The highest BCUT2D eigenvalue weighted by Crippen LogP contribution is 2.30. The normalized spacial score (nSPS) is 12.8. The molecule has 218 valence electrons. The Hall–Kier alpha value is -4.64. The number of carboxylic acid groups (broad SMARTS) is 1. The van der Waals surface area contributed by atoms with Crippen LogP contribution in [-0.2, 0) is 21.4 Å². The van der Waals surface area contributed by atoms with Gasteiger partial charge in [0.1, 0.15) is 23.7 Å². The minimum absolute atomic E-state index is 0.113. The van der Waals surface area contributed by atoms with E-state index in [9.17, 15) is 29.0 Å². The summed E-state index contributed by atoms with van der Waals surface area (Å²) in [4.78, 5) is 47.6. The minimum atomic E-state index is -1.19. The summed E-state index contributed by atoms with van der Waals surface area (Å²) < 4.78 is 14.2. The Labute approximate surface area is 246 Å². The molecule has 0 radical (unpaired) electrons. The van der Waals surface area contributed by atoms with Gasteiger partial charge in [-0.25, -0.2) is 14.4 Å². The molecule has 2 amide bonds. The number of hydrogen-bond donors (Lipinski definition) is 4. The molecule has 0 fully saturated rings. The summed E-state index contributed by atoms with van der Waals surface area (Å²) in [7, 11) is 0. The highest BCUT2D eigenvalue weighted by Gasteiger charge is 2.26. The van der Waals surface area contributed by atoms with Gasteiger partial charge in [-0.1, -0.05) is 45.0 Å². The van der Waals surface area contributed by atoms with Crippen LogP contribution in [0.2, 0.25) is 0 Å². The third-order valence-electron chi connectivity index (χ3n) is 6.49. The van der Waals surface area contributed by atoms with Crippen LogP contribution in [0.15, 0.2) is 67.0 Å². The maximum Gasteiger partial charge on any atom is 0.325 e. The maximum absolute atomic E-state index is 14.2. The number of benzene rings is 2. The Bertz CT molecular complexity index is 1600. The maximum atomic E-state index is 14.2. The first-order chi connectivity index (χ1) is 19.8. The number of carbonyl (C=O) groups is 3. The van der Waals surface area contributed by atoms with E-state index in [2.05, 4.69) is 20.6 Å². The van der Waals surface area contributed by atoms with Gasteiger partial charge in [-0.05, 0) is 42.2 Å². The van der Waals surface area contributed by atoms with Crippen LogP contribution in [0.3, 0.4) is 0 Å². The molecule has 0 saturated carbocycles. The van der Waals surface area contributed by atoms with E-state index in [-0.39, 0.29) is 23.1 Å². The second kappa shape index (κ2) is 12.5. The van der Waals surface area contributed by atoms with Crippen LogP contribution >= 0.6 is 11.3 Å². The van der Waals surface area contributed by atoms with Crippen molar-refractivity contribution in [1.29, 1.82) is 0 Å². The number of carbonyl (C=O) groups excluding carboxylic acids is 2. The topological polar surface area (TPSA) is 142 Å². The fourth-order valence-corrected chi connectivity index (χ4v) is 5.02. The Balaban J connectivity index is 1.51. The fourth-order valence-electron chi connectivity index (χ4n) is 4.06. The number of aliphatic carboxylic acids is 1. The van der Waals surface area contributed by atoms with Crippen LogP contribution in [-0.4, -0.2) is 50.0 Å². The van der Waals surface area contributed by atoms with E-state index in [1.807, 2.05) is 26.8 Å². The molecule has 0 bridgehead atoms. The van der Waals surface area contributed by atoms with Crippen molar-refractivity contribution >= 4 is 29.1 Å². The zero-order chi connectivity index (χ0) is 30.6. The molecule has 2 aromatic carbocycles. The van der Waals surface area contributed by atoms with Crippen molar-refractivity contribution in [3.63, 3.8) is 0 Å². The molecule has 0 aliphatic heterocycles. The molecule has 0 aliphatic rings. The summed E-state index contributed by atoms with van der Waals surface area (Å²) in [6.45, 7) is 7.48. The van der Waals surface area contributed by atoms with Crippen LogP contribution in [0.25, 0.3) is 22.5 Å². The van der Waals surface area contributed by atoms with E-state index in [1.165, 1.54) is 42.8 Å². The van der Waals surface area contributed by atoms with Crippen molar-refractivity contribution in [3.8, 4) is 28.3 Å². The van der Waals surface area contributed by atoms with Crippen molar-refractivity contribution in [2.75, 3.05) is 0 Å². The van der Waals surface area contributed by atoms with E-state index in [4.69, 9.17) is 0 Å². The second-order valence-corrected chi connectivity index (χ2v) is 12.0. The highest BCUT2D eigenvalue weighted by atomic mass is 32.1. The lowest BCUT2D eigenvalue weighted by Gasteiger charge is -2.20. The van der Waals surface area contributed by atoms with Gasteiger partial charge in [-0.3, -0.25) is 14.4 Å². The van der Waals surface area contributed by atoms with Gasteiger partial charge in [0, 0.05) is 46.4 Å².